The first-order valence-electron chi connectivity index (χ1n) is 4.81. The lowest BCUT2D eigenvalue weighted by Crippen LogP contribution is -2.11. The normalized spacial score (nSPS) is 10.9. The van der Waals surface area contributed by atoms with Crippen LogP contribution in [0.4, 0.5) is 0 Å². The number of halogens is 1. The van der Waals surface area contributed by atoms with Crippen molar-refractivity contribution < 1.29 is 0 Å². The van der Waals surface area contributed by atoms with E-state index in [0.717, 1.165) is 5.56 Å². The van der Waals surface area contributed by atoms with Crippen molar-refractivity contribution in [3.63, 3.8) is 0 Å². The monoisotopic (exact) mass is 222 g/mol. The number of rotatable bonds is 1. The van der Waals surface area contributed by atoms with Crippen LogP contribution in [-0.4, -0.2) is 9.97 Å². The SMILES string of the molecule is CCc1nc2c(Cl)cc(C)cc2c(=O)[nH]1. The van der Waals surface area contributed by atoms with Gasteiger partial charge in [0.1, 0.15) is 5.82 Å². The highest BCUT2D eigenvalue weighted by molar-refractivity contribution is 6.35. The molecule has 1 aromatic carbocycles. The lowest BCUT2D eigenvalue weighted by Gasteiger charge is -2.03. The van der Waals surface area contributed by atoms with E-state index in [1.54, 1.807) is 6.07 Å². The Bertz CT molecular complexity index is 575. The van der Waals surface area contributed by atoms with Gasteiger partial charge in [0.25, 0.3) is 5.56 Å². The lowest BCUT2D eigenvalue weighted by atomic mass is 10.1. The summed E-state index contributed by atoms with van der Waals surface area (Å²) in [4.78, 5) is 18.7. The Labute approximate surface area is 92.1 Å². The molecule has 0 saturated heterocycles. The second-order valence-electron chi connectivity index (χ2n) is 3.51. The molecule has 0 amide bonds. The van der Waals surface area contributed by atoms with E-state index in [4.69, 9.17) is 11.6 Å². The largest absolute Gasteiger partial charge is 0.310 e. The first-order chi connectivity index (χ1) is 7.11. The number of hydrogen-bond acceptors (Lipinski definition) is 2. The lowest BCUT2D eigenvalue weighted by molar-refractivity contribution is 0.944. The molecular weight excluding hydrogens is 212 g/mol. The molecule has 0 fully saturated rings. The van der Waals surface area contributed by atoms with Crippen molar-refractivity contribution in [3.05, 3.63) is 38.9 Å². The fraction of sp³-hybridized carbons (Fsp3) is 0.273. The van der Waals surface area contributed by atoms with Gasteiger partial charge in [-0.3, -0.25) is 4.79 Å². The quantitative estimate of drug-likeness (QED) is 0.806. The molecule has 1 aromatic heterocycles. The average molecular weight is 223 g/mol. The van der Waals surface area contributed by atoms with Crippen LogP contribution < -0.4 is 5.56 Å². The molecule has 1 heterocycles. The molecule has 0 aliphatic rings. The van der Waals surface area contributed by atoms with Crippen molar-refractivity contribution in [1.29, 1.82) is 0 Å². The molecule has 0 atom stereocenters. The number of nitrogens with zero attached hydrogens (tertiary/aromatic N) is 1. The Morgan fingerprint density at radius 1 is 1.47 bits per heavy atom. The number of aryl methyl sites for hydroxylation is 2. The molecule has 0 aliphatic carbocycles. The molecule has 2 aromatic rings. The van der Waals surface area contributed by atoms with Crippen LogP contribution in [0.15, 0.2) is 16.9 Å². The van der Waals surface area contributed by atoms with Gasteiger partial charge in [0.2, 0.25) is 0 Å². The smallest absolute Gasteiger partial charge is 0.258 e. The highest BCUT2D eigenvalue weighted by atomic mass is 35.5. The third kappa shape index (κ3) is 1.75. The van der Waals surface area contributed by atoms with Gasteiger partial charge in [-0.25, -0.2) is 4.98 Å². The number of hydrogen-bond donors (Lipinski definition) is 1. The predicted molar refractivity (Wildman–Crippen MR) is 61.5 cm³/mol. The Hall–Kier alpha value is -1.35. The van der Waals surface area contributed by atoms with Gasteiger partial charge in [-0.1, -0.05) is 18.5 Å². The Morgan fingerprint density at radius 2 is 2.20 bits per heavy atom. The molecule has 15 heavy (non-hydrogen) atoms. The number of H-pyrrole nitrogens is 1. The fourth-order valence-electron chi connectivity index (χ4n) is 1.55. The molecule has 3 nitrogen and oxygen atoms in total. The molecule has 1 N–H and O–H groups in total. The van der Waals surface area contributed by atoms with E-state index < -0.39 is 0 Å². The molecular formula is C11H11ClN2O. The van der Waals surface area contributed by atoms with E-state index in [2.05, 4.69) is 9.97 Å². The second kappa shape index (κ2) is 3.66. The maximum absolute atomic E-state index is 11.7. The number of fused-ring (bicyclic) bond motifs is 1. The van der Waals surface area contributed by atoms with Gasteiger partial charge in [0, 0.05) is 6.42 Å². The summed E-state index contributed by atoms with van der Waals surface area (Å²) < 4.78 is 0. The van der Waals surface area contributed by atoms with Gasteiger partial charge in [0.15, 0.2) is 0 Å². The van der Waals surface area contributed by atoms with Crippen molar-refractivity contribution >= 4 is 22.5 Å². The molecule has 0 spiro atoms. The van der Waals surface area contributed by atoms with E-state index in [-0.39, 0.29) is 5.56 Å². The van der Waals surface area contributed by atoms with Crippen LogP contribution in [0.3, 0.4) is 0 Å². The molecule has 78 valence electrons. The highest BCUT2D eigenvalue weighted by Gasteiger charge is 2.06. The zero-order chi connectivity index (χ0) is 11.0. The van der Waals surface area contributed by atoms with Gasteiger partial charge in [-0.15, -0.1) is 0 Å². The molecule has 0 saturated carbocycles. The van der Waals surface area contributed by atoms with E-state index >= 15 is 0 Å². The van der Waals surface area contributed by atoms with Crippen LogP contribution in [-0.2, 0) is 6.42 Å². The summed E-state index contributed by atoms with van der Waals surface area (Å²) in [5.74, 6) is 0.665. The van der Waals surface area contributed by atoms with Gasteiger partial charge >= 0.3 is 0 Å². The predicted octanol–water partition coefficient (Wildman–Crippen LogP) is 2.45. The first kappa shape index (κ1) is 10.2. The van der Waals surface area contributed by atoms with Crippen LogP contribution in [0.1, 0.15) is 18.3 Å². The molecule has 0 radical (unpaired) electrons. The number of benzene rings is 1. The second-order valence-corrected chi connectivity index (χ2v) is 3.92. The van der Waals surface area contributed by atoms with Crippen molar-refractivity contribution in [3.8, 4) is 0 Å². The van der Waals surface area contributed by atoms with Crippen molar-refractivity contribution in [2.45, 2.75) is 20.3 Å². The summed E-state index contributed by atoms with van der Waals surface area (Å²) in [7, 11) is 0. The maximum atomic E-state index is 11.7. The summed E-state index contributed by atoms with van der Waals surface area (Å²) in [5, 5.41) is 1.09. The summed E-state index contributed by atoms with van der Waals surface area (Å²) in [6.07, 6.45) is 0.690. The minimum atomic E-state index is -0.123. The Balaban J connectivity index is 2.91. The maximum Gasteiger partial charge on any atom is 0.258 e. The summed E-state index contributed by atoms with van der Waals surface area (Å²) in [6.45, 7) is 3.84. The molecule has 0 bridgehead atoms. The minimum absolute atomic E-state index is 0.123. The van der Waals surface area contributed by atoms with Crippen LogP contribution in [0.2, 0.25) is 5.02 Å². The van der Waals surface area contributed by atoms with E-state index in [1.807, 2.05) is 19.9 Å². The Kier molecular flexibility index (Phi) is 2.49. The topological polar surface area (TPSA) is 45.8 Å². The van der Waals surface area contributed by atoms with E-state index in [0.29, 0.717) is 28.2 Å². The summed E-state index contributed by atoms with van der Waals surface area (Å²) in [5.41, 5.74) is 1.43. The van der Waals surface area contributed by atoms with E-state index in [9.17, 15) is 4.79 Å². The first-order valence-corrected chi connectivity index (χ1v) is 5.18. The third-order valence-corrected chi connectivity index (χ3v) is 2.58. The van der Waals surface area contributed by atoms with Crippen molar-refractivity contribution in [2.24, 2.45) is 0 Å². The van der Waals surface area contributed by atoms with Crippen molar-refractivity contribution in [2.75, 3.05) is 0 Å². The molecule has 2 rings (SSSR count). The zero-order valence-electron chi connectivity index (χ0n) is 8.60. The standard InChI is InChI=1S/C11H11ClN2O/c1-3-9-13-10-7(11(15)14-9)4-6(2)5-8(10)12/h4-5H,3H2,1-2H3,(H,13,14,15). The van der Waals surface area contributed by atoms with Crippen LogP contribution in [0.5, 0.6) is 0 Å². The highest BCUT2D eigenvalue weighted by Crippen LogP contribution is 2.20. The third-order valence-electron chi connectivity index (χ3n) is 2.29. The van der Waals surface area contributed by atoms with Crippen LogP contribution in [0.25, 0.3) is 10.9 Å². The van der Waals surface area contributed by atoms with Gasteiger partial charge in [0.05, 0.1) is 15.9 Å². The van der Waals surface area contributed by atoms with Crippen LogP contribution >= 0.6 is 11.6 Å². The minimum Gasteiger partial charge on any atom is -0.310 e. The summed E-state index contributed by atoms with van der Waals surface area (Å²) >= 11 is 6.05. The van der Waals surface area contributed by atoms with Gasteiger partial charge < -0.3 is 4.98 Å². The average Bonchev–Trinajstić information content (AvgIpc) is 2.19. The van der Waals surface area contributed by atoms with Crippen molar-refractivity contribution in [1.82, 2.24) is 9.97 Å². The van der Waals surface area contributed by atoms with Gasteiger partial charge in [-0.05, 0) is 24.6 Å². The van der Waals surface area contributed by atoms with Crippen LogP contribution in [0, 0.1) is 6.92 Å². The zero-order valence-corrected chi connectivity index (χ0v) is 9.35. The molecule has 4 heteroatoms. The number of nitrogens with one attached hydrogen (secondary N) is 1. The summed E-state index contributed by atoms with van der Waals surface area (Å²) in [6, 6.07) is 3.61. The number of aromatic nitrogens is 2. The fourth-order valence-corrected chi connectivity index (χ4v) is 1.87. The Morgan fingerprint density at radius 3 is 2.87 bits per heavy atom. The number of aromatic amines is 1. The van der Waals surface area contributed by atoms with Gasteiger partial charge in [-0.2, -0.15) is 0 Å². The molecule has 0 aliphatic heterocycles. The molecule has 0 unspecified atom stereocenters. The van der Waals surface area contributed by atoms with E-state index in [1.165, 1.54) is 0 Å².